The van der Waals surface area contributed by atoms with Crippen molar-refractivity contribution in [1.29, 1.82) is 0 Å². The van der Waals surface area contributed by atoms with Crippen LogP contribution in [0.3, 0.4) is 0 Å². The molecule has 0 bridgehead atoms. The van der Waals surface area contributed by atoms with Crippen molar-refractivity contribution in [2.24, 2.45) is 0 Å². The number of hydrogen-bond donors (Lipinski definition) is 2. The zero-order valence-electron chi connectivity index (χ0n) is 13.1. The number of amides is 1. The lowest BCUT2D eigenvalue weighted by Crippen LogP contribution is -2.21. The number of hydrogen-bond acceptors (Lipinski definition) is 4. The minimum atomic E-state index is -4.53. The van der Waals surface area contributed by atoms with Crippen molar-refractivity contribution >= 4 is 17.6 Å². The number of rotatable bonds is 4. The van der Waals surface area contributed by atoms with Gasteiger partial charge in [-0.25, -0.2) is 4.79 Å². The lowest BCUT2D eigenvalue weighted by atomic mass is 10.1. The summed E-state index contributed by atoms with van der Waals surface area (Å²) in [5.74, 6) is -1.72. The van der Waals surface area contributed by atoms with Crippen molar-refractivity contribution in [1.82, 2.24) is 0 Å². The smallest absolute Gasteiger partial charge is 0.416 e. The van der Waals surface area contributed by atoms with E-state index in [4.69, 9.17) is 4.74 Å². The van der Waals surface area contributed by atoms with Crippen molar-refractivity contribution in [2.75, 3.05) is 11.9 Å². The molecule has 2 rings (SSSR count). The summed E-state index contributed by atoms with van der Waals surface area (Å²) in [4.78, 5) is 23.5. The number of alkyl halides is 3. The number of carbonyl (C=O) groups is 2. The first kappa shape index (κ1) is 18.3. The van der Waals surface area contributed by atoms with Crippen LogP contribution in [0, 0.1) is 6.92 Å². The normalized spacial score (nSPS) is 11.0. The van der Waals surface area contributed by atoms with Crippen LogP contribution >= 0.6 is 0 Å². The number of ether oxygens (including phenoxy) is 1. The number of aromatic hydroxyl groups is 1. The van der Waals surface area contributed by atoms with Gasteiger partial charge in [0.05, 0.1) is 11.1 Å². The Morgan fingerprint density at radius 1 is 1.16 bits per heavy atom. The summed E-state index contributed by atoms with van der Waals surface area (Å²) in [6.07, 6.45) is -4.53. The maximum Gasteiger partial charge on any atom is 0.416 e. The molecule has 0 aliphatic rings. The number of carbonyl (C=O) groups excluding carboxylic acids is 2. The number of phenols is 1. The van der Waals surface area contributed by atoms with E-state index in [0.29, 0.717) is 5.56 Å². The van der Waals surface area contributed by atoms with Crippen molar-refractivity contribution in [2.45, 2.75) is 13.1 Å². The van der Waals surface area contributed by atoms with Crippen molar-refractivity contribution in [3.63, 3.8) is 0 Å². The predicted molar refractivity (Wildman–Crippen MR) is 83.2 cm³/mol. The molecule has 0 saturated heterocycles. The molecule has 1 amide bonds. The van der Waals surface area contributed by atoms with Gasteiger partial charge in [-0.15, -0.1) is 0 Å². The van der Waals surface area contributed by atoms with E-state index < -0.39 is 30.2 Å². The monoisotopic (exact) mass is 353 g/mol. The van der Waals surface area contributed by atoms with E-state index in [2.05, 4.69) is 5.32 Å². The van der Waals surface area contributed by atoms with Crippen LogP contribution < -0.4 is 5.32 Å². The number of esters is 1. The topological polar surface area (TPSA) is 75.6 Å². The van der Waals surface area contributed by atoms with Crippen LogP contribution in [-0.4, -0.2) is 23.6 Å². The molecule has 5 nitrogen and oxygen atoms in total. The van der Waals surface area contributed by atoms with Gasteiger partial charge in [-0.3, -0.25) is 4.79 Å². The second-order valence-electron chi connectivity index (χ2n) is 5.20. The lowest BCUT2D eigenvalue weighted by molar-refractivity contribution is -0.137. The minimum absolute atomic E-state index is 0.0509. The van der Waals surface area contributed by atoms with E-state index in [9.17, 15) is 27.9 Å². The van der Waals surface area contributed by atoms with E-state index in [1.807, 2.05) is 0 Å². The van der Waals surface area contributed by atoms with E-state index >= 15 is 0 Å². The number of benzene rings is 2. The fourth-order valence-corrected chi connectivity index (χ4v) is 1.92. The Balaban J connectivity index is 1.94. The van der Waals surface area contributed by atoms with Gasteiger partial charge in [-0.05, 0) is 42.8 Å². The molecule has 8 heteroatoms. The van der Waals surface area contributed by atoms with Crippen LogP contribution in [0.5, 0.6) is 5.75 Å². The predicted octanol–water partition coefficient (Wildman–Crippen LogP) is 3.51. The van der Waals surface area contributed by atoms with Crippen molar-refractivity contribution in [3.8, 4) is 5.75 Å². The fourth-order valence-electron chi connectivity index (χ4n) is 1.92. The molecule has 0 radical (unpaired) electrons. The first-order chi connectivity index (χ1) is 11.7. The third-order valence-corrected chi connectivity index (χ3v) is 3.25. The molecule has 0 aromatic heterocycles. The van der Waals surface area contributed by atoms with Gasteiger partial charge in [-0.2, -0.15) is 13.2 Å². The van der Waals surface area contributed by atoms with Gasteiger partial charge in [0.25, 0.3) is 5.91 Å². The lowest BCUT2D eigenvalue weighted by Gasteiger charge is -2.10. The molecule has 0 fully saturated rings. The maximum atomic E-state index is 12.6. The molecule has 0 atom stereocenters. The summed E-state index contributed by atoms with van der Waals surface area (Å²) in [5.41, 5.74) is -0.352. The number of nitrogens with one attached hydrogen (secondary N) is 1. The third kappa shape index (κ3) is 4.97. The number of phenolic OH excluding ortho intramolecular Hbond substituents is 1. The highest BCUT2D eigenvalue weighted by molar-refractivity contribution is 5.95. The average Bonchev–Trinajstić information content (AvgIpc) is 2.54. The summed E-state index contributed by atoms with van der Waals surface area (Å²) in [7, 11) is 0. The maximum absolute atomic E-state index is 12.6. The molecule has 0 unspecified atom stereocenters. The zero-order valence-corrected chi connectivity index (χ0v) is 13.1. The Kier molecular flexibility index (Phi) is 5.31. The number of aryl methyl sites for hydroxylation is 1. The summed E-state index contributed by atoms with van der Waals surface area (Å²) >= 11 is 0. The van der Waals surface area contributed by atoms with Crippen molar-refractivity contribution in [3.05, 3.63) is 59.2 Å². The Morgan fingerprint density at radius 3 is 2.52 bits per heavy atom. The van der Waals surface area contributed by atoms with Crippen LogP contribution in [0.25, 0.3) is 0 Å². The van der Waals surface area contributed by atoms with Crippen LogP contribution in [0.15, 0.2) is 42.5 Å². The summed E-state index contributed by atoms with van der Waals surface area (Å²) in [6, 6.07) is 8.21. The Bertz CT molecular complexity index is 803. The molecule has 0 spiro atoms. The van der Waals surface area contributed by atoms with Crippen molar-refractivity contribution < 1.29 is 32.6 Å². The van der Waals surface area contributed by atoms with Gasteiger partial charge in [0.15, 0.2) is 6.61 Å². The molecule has 0 heterocycles. The summed E-state index contributed by atoms with van der Waals surface area (Å²) < 4.78 is 42.6. The third-order valence-electron chi connectivity index (χ3n) is 3.25. The average molecular weight is 353 g/mol. The molecule has 2 aromatic rings. The highest BCUT2D eigenvalue weighted by Crippen LogP contribution is 2.30. The van der Waals surface area contributed by atoms with E-state index in [0.717, 1.165) is 18.2 Å². The van der Waals surface area contributed by atoms with E-state index in [1.165, 1.54) is 24.3 Å². The first-order valence-electron chi connectivity index (χ1n) is 7.10. The van der Waals surface area contributed by atoms with Crippen LogP contribution in [0.2, 0.25) is 0 Å². The molecule has 132 valence electrons. The van der Waals surface area contributed by atoms with E-state index in [1.54, 1.807) is 6.92 Å². The largest absolute Gasteiger partial charge is 0.508 e. The molecular weight excluding hydrogens is 339 g/mol. The Labute approximate surface area is 141 Å². The van der Waals surface area contributed by atoms with Gasteiger partial charge in [0.2, 0.25) is 0 Å². The Hall–Kier alpha value is -3.03. The highest BCUT2D eigenvalue weighted by atomic mass is 19.4. The van der Waals surface area contributed by atoms with E-state index in [-0.39, 0.29) is 17.0 Å². The summed E-state index contributed by atoms with van der Waals surface area (Å²) in [6.45, 7) is 0.969. The standard InChI is InChI=1S/C17H14F3NO4/c1-10-5-6-11(7-14(10)22)16(24)25-9-15(23)21-13-4-2-3-12(8-13)17(18,19)20/h2-8,22H,9H2,1H3,(H,21,23). The van der Waals surface area contributed by atoms with Gasteiger partial charge in [0, 0.05) is 5.69 Å². The summed E-state index contributed by atoms with van der Waals surface area (Å²) in [5, 5.41) is 11.8. The molecule has 0 saturated carbocycles. The van der Waals surface area contributed by atoms with Crippen LogP contribution in [0.1, 0.15) is 21.5 Å². The highest BCUT2D eigenvalue weighted by Gasteiger charge is 2.30. The molecular formula is C17H14F3NO4. The van der Waals surface area contributed by atoms with Gasteiger partial charge in [0.1, 0.15) is 5.75 Å². The molecule has 2 aromatic carbocycles. The fraction of sp³-hybridized carbons (Fsp3) is 0.176. The SMILES string of the molecule is Cc1ccc(C(=O)OCC(=O)Nc2cccc(C(F)(F)F)c2)cc1O. The van der Waals surface area contributed by atoms with Gasteiger partial charge < -0.3 is 15.2 Å². The molecule has 0 aliphatic heterocycles. The Morgan fingerprint density at radius 2 is 1.88 bits per heavy atom. The second-order valence-corrected chi connectivity index (χ2v) is 5.20. The minimum Gasteiger partial charge on any atom is -0.508 e. The number of anilines is 1. The number of halogens is 3. The quantitative estimate of drug-likeness (QED) is 0.825. The molecule has 2 N–H and O–H groups in total. The van der Waals surface area contributed by atoms with Crippen LogP contribution in [0.4, 0.5) is 18.9 Å². The van der Waals surface area contributed by atoms with Crippen LogP contribution in [-0.2, 0) is 15.7 Å². The van der Waals surface area contributed by atoms with Gasteiger partial charge >= 0.3 is 12.1 Å². The zero-order chi connectivity index (χ0) is 18.6. The second kappa shape index (κ2) is 7.25. The molecule has 25 heavy (non-hydrogen) atoms. The molecule has 0 aliphatic carbocycles. The van der Waals surface area contributed by atoms with Gasteiger partial charge in [-0.1, -0.05) is 12.1 Å². The first-order valence-corrected chi connectivity index (χ1v) is 7.10.